The molecular formula is C20H29N3O2. The van der Waals surface area contributed by atoms with E-state index in [0.717, 1.165) is 43.8 Å². The molecule has 2 amide bonds. The van der Waals surface area contributed by atoms with Crippen LogP contribution in [-0.4, -0.2) is 48.9 Å². The van der Waals surface area contributed by atoms with Gasteiger partial charge in [-0.1, -0.05) is 12.1 Å². The molecule has 2 aliphatic heterocycles. The minimum Gasteiger partial charge on any atom is -0.353 e. The molecule has 0 bridgehead atoms. The monoisotopic (exact) mass is 343 g/mol. The molecule has 2 heterocycles. The molecule has 1 aromatic carbocycles. The zero-order valence-electron chi connectivity index (χ0n) is 15.1. The van der Waals surface area contributed by atoms with Crippen LogP contribution in [0.25, 0.3) is 0 Å². The number of carbonyl (C=O) groups excluding carboxylic acids is 2. The number of hydrogen-bond acceptors (Lipinski definition) is 3. The molecule has 136 valence electrons. The lowest BCUT2D eigenvalue weighted by molar-refractivity contribution is -0.119. The van der Waals surface area contributed by atoms with E-state index in [1.54, 1.807) is 6.92 Å². The number of nitrogens with one attached hydrogen (secondary N) is 2. The zero-order valence-corrected chi connectivity index (χ0v) is 15.1. The van der Waals surface area contributed by atoms with Gasteiger partial charge in [-0.15, -0.1) is 0 Å². The molecule has 0 radical (unpaired) electrons. The smallest absolute Gasteiger partial charge is 0.253 e. The second-order valence-corrected chi connectivity index (χ2v) is 7.36. The summed E-state index contributed by atoms with van der Waals surface area (Å²) >= 11 is 0. The van der Waals surface area contributed by atoms with Crippen molar-refractivity contribution in [3.63, 3.8) is 0 Å². The fourth-order valence-corrected chi connectivity index (χ4v) is 3.95. The van der Waals surface area contributed by atoms with Crippen molar-refractivity contribution < 1.29 is 9.59 Å². The summed E-state index contributed by atoms with van der Waals surface area (Å²) in [7, 11) is 0. The lowest BCUT2D eigenvalue weighted by Gasteiger charge is -2.32. The van der Waals surface area contributed by atoms with E-state index in [4.69, 9.17) is 0 Å². The van der Waals surface area contributed by atoms with Crippen LogP contribution in [0.1, 0.15) is 48.5 Å². The molecule has 0 aliphatic carbocycles. The lowest BCUT2D eigenvalue weighted by Crippen LogP contribution is -2.46. The highest BCUT2D eigenvalue weighted by Crippen LogP contribution is 2.20. The molecule has 2 saturated heterocycles. The first-order chi connectivity index (χ1) is 12.1. The average Bonchev–Trinajstić information content (AvgIpc) is 2.62. The molecule has 0 saturated carbocycles. The molecular weight excluding hydrogens is 314 g/mol. The van der Waals surface area contributed by atoms with Crippen LogP contribution in [0, 0.1) is 5.92 Å². The summed E-state index contributed by atoms with van der Waals surface area (Å²) in [4.78, 5) is 25.9. The molecule has 0 aromatic heterocycles. The third-order valence-corrected chi connectivity index (χ3v) is 5.35. The van der Waals surface area contributed by atoms with Crippen molar-refractivity contribution in [2.24, 2.45) is 5.92 Å². The number of piperidine rings is 2. The molecule has 5 nitrogen and oxygen atoms in total. The third-order valence-electron chi connectivity index (χ3n) is 5.35. The van der Waals surface area contributed by atoms with Crippen LogP contribution in [0.15, 0.2) is 24.3 Å². The zero-order chi connectivity index (χ0) is 17.6. The Hall–Kier alpha value is -1.88. The highest BCUT2D eigenvalue weighted by atomic mass is 16.2. The number of hydrogen-bond donors (Lipinski definition) is 2. The number of benzene rings is 1. The first-order valence-corrected chi connectivity index (χ1v) is 9.48. The maximum atomic E-state index is 12.8. The van der Waals surface area contributed by atoms with Crippen LogP contribution >= 0.6 is 0 Å². The Bertz CT molecular complexity index is 603. The van der Waals surface area contributed by atoms with Crippen LogP contribution in [0.4, 0.5) is 0 Å². The summed E-state index contributed by atoms with van der Waals surface area (Å²) in [6.07, 6.45) is 5.16. The van der Waals surface area contributed by atoms with Crippen molar-refractivity contribution in [2.75, 3.05) is 26.2 Å². The highest BCUT2D eigenvalue weighted by molar-refractivity contribution is 5.94. The van der Waals surface area contributed by atoms with Gasteiger partial charge >= 0.3 is 0 Å². The van der Waals surface area contributed by atoms with Gasteiger partial charge in [-0.05, 0) is 68.8 Å². The topological polar surface area (TPSA) is 61.4 Å². The van der Waals surface area contributed by atoms with Crippen molar-refractivity contribution in [1.29, 1.82) is 0 Å². The van der Waals surface area contributed by atoms with Crippen molar-refractivity contribution in [3.05, 3.63) is 35.4 Å². The van der Waals surface area contributed by atoms with E-state index in [1.807, 2.05) is 17.0 Å². The van der Waals surface area contributed by atoms with Crippen LogP contribution in [0.3, 0.4) is 0 Å². The van der Waals surface area contributed by atoms with Gasteiger partial charge in [-0.3, -0.25) is 9.59 Å². The number of nitrogens with zero attached hydrogens (tertiary/aromatic N) is 1. The summed E-state index contributed by atoms with van der Waals surface area (Å²) in [5, 5.41) is 6.35. The Morgan fingerprint density at radius 3 is 2.56 bits per heavy atom. The van der Waals surface area contributed by atoms with E-state index in [1.165, 1.54) is 18.4 Å². The van der Waals surface area contributed by atoms with Crippen molar-refractivity contribution in [1.82, 2.24) is 15.5 Å². The lowest BCUT2D eigenvalue weighted by atomic mass is 9.90. The van der Waals surface area contributed by atoms with Crippen LogP contribution in [0.2, 0.25) is 0 Å². The predicted molar refractivity (Wildman–Crippen MR) is 98.5 cm³/mol. The molecule has 0 spiro atoms. The summed E-state index contributed by atoms with van der Waals surface area (Å²) < 4.78 is 0. The van der Waals surface area contributed by atoms with Crippen LogP contribution in [0.5, 0.6) is 0 Å². The first kappa shape index (κ1) is 17.9. The number of carbonyl (C=O) groups is 2. The quantitative estimate of drug-likeness (QED) is 0.879. The predicted octanol–water partition coefficient (Wildman–Crippen LogP) is 1.97. The molecule has 0 atom stereocenters. The second kappa shape index (κ2) is 8.48. The molecule has 2 N–H and O–H groups in total. The van der Waals surface area contributed by atoms with E-state index >= 15 is 0 Å². The van der Waals surface area contributed by atoms with Gasteiger partial charge in [0.1, 0.15) is 0 Å². The van der Waals surface area contributed by atoms with Gasteiger partial charge in [0.15, 0.2) is 0 Å². The van der Waals surface area contributed by atoms with Crippen LogP contribution in [-0.2, 0) is 11.2 Å². The number of rotatable bonds is 4. The Morgan fingerprint density at radius 1 is 1.16 bits per heavy atom. The molecule has 2 fully saturated rings. The van der Waals surface area contributed by atoms with Gasteiger partial charge in [0.25, 0.3) is 5.91 Å². The summed E-state index contributed by atoms with van der Waals surface area (Å²) in [6.45, 7) is 5.18. The Labute approximate surface area is 150 Å². The van der Waals surface area contributed by atoms with E-state index in [-0.39, 0.29) is 17.9 Å². The second-order valence-electron chi connectivity index (χ2n) is 7.36. The van der Waals surface area contributed by atoms with E-state index < -0.39 is 0 Å². The summed E-state index contributed by atoms with van der Waals surface area (Å²) in [5.74, 6) is 0.851. The number of likely N-dealkylation sites (tertiary alicyclic amines) is 1. The highest BCUT2D eigenvalue weighted by Gasteiger charge is 2.24. The number of amides is 2. The van der Waals surface area contributed by atoms with Gasteiger partial charge in [-0.2, -0.15) is 0 Å². The maximum absolute atomic E-state index is 12.8. The minimum absolute atomic E-state index is 0.00962. The molecule has 5 heteroatoms. The standard InChI is InChI=1S/C20H29N3O2/c1-15(24)22-19-7-11-23(12-8-19)20(25)18-4-2-3-17(14-18)13-16-5-9-21-10-6-16/h2-4,14,16,19,21H,5-13H2,1H3,(H,22,24). The molecule has 3 rings (SSSR count). The maximum Gasteiger partial charge on any atom is 0.253 e. The van der Waals surface area contributed by atoms with Gasteiger partial charge in [-0.25, -0.2) is 0 Å². The van der Waals surface area contributed by atoms with Gasteiger partial charge in [0.2, 0.25) is 5.91 Å². The van der Waals surface area contributed by atoms with Gasteiger partial charge in [0, 0.05) is 31.6 Å². The fraction of sp³-hybridized carbons (Fsp3) is 0.600. The molecule has 25 heavy (non-hydrogen) atoms. The first-order valence-electron chi connectivity index (χ1n) is 9.48. The molecule has 0 unspecified atom stereocenters. The van der Waals surface area contributed by atoms with E-state index in [2.05, 4.69) is 22.8 Å². The Balaban J connectivity index is 1.57. The van der Waals surface area contributed by atoms with Gasteiger partial charge < -0.3 is 15.5 Å². The van der Waals surface area contributed by atoms with E-state index in [9.17, 15) is 9.59 Å². The Morgan fingerprint density at radius 2 is 1.88 bits per heavy atom. The van der Waals surface area contributed by atoms with Gasteiger partial charge in [0.05, 0.1) is 0 Å². The van der Waals surface area contributed by atoms with E-state index in [0.29, 0.717) is 13.1 Å². The minimum atomic E-state index is 0.00962. The van der Waals surface area contributed by atoms with Crippen molar-refractivity contribution in [3.8, 4) is 0 Å². The fourth-order valence-electron chi connectivity index (χ4n) is 3.95. The SMILES string of the molecule is CC(=O)NC1CCN(C(=O)c2cccc(CC3CCNCC3)c2)CC1. The average molecular weight is 343 g/mol. The summed E-state index contributed by atoms with van der Waals surface area (Å²) in [6, 6.07) is 8.35. The Kier molecular flexibility index (Phi) is 6.08. The molecule has 1 aromatic rings. The normalized spacial score (nSPS) is 19.6. The van der Waals surface area contributed by atoms with Crippen molar-refractivity contribution in [2.45, 2.75) is 45.1 Å². The molecule has 2 aliphatic rings. The van der Waals surface area contributed by atoms with Crippen LogP contribution < -0.4 is 10.6 Å². The summed E-state index contributed by atoms with van der Waals surface area (Å²) in [5.41, 5.74) is 2.07. The van der Waals surface area contributed by atoms with Crippen molar-refractivity contribution >= 4 is 11.8 Å². The third kappa shape index (κ3) is 5.05. The largest absolute Gasteiger partial charge is 0.353 e.